The molecule has 12 rings (SSSR count). The fourth-order valence-corrected chi connectivity index (χ4v) is 10.9. The molecule has 1 aliphatic heterocycles. The summed E-state index contributed by atoms with van der Waals surface area (Å²) in [7, 11) is 0. The lowest BCUT2D eigenvalue weighted by Crippen LogP contribution is -2.43. The van der Waals surface area contributed by atoms with Crippen LogP contribution in [0.25, 0.3) is 64.4 Å². The third-order valence-corrected chi connectivity index (χ3v) is 13.9. The van der Waals surface area contributed by atoms with Crippen LogP contribution in [0.5, 0.6) is 0 Å². The molecular formula is C57H42N4S. The summed E-state index contributed by atoms with van der Waals surface area (Å²) in [5.41, 5.74) is 11.9. The van der Waals surface area contributed by atoms with Crippen LogP contribution in [0.3, 0.4) is 0 Å². The molecule has 296 valence electrons. The molecule has 0 saturated carbocycles. The minimum atomic E-state index is -0.171. The first-order valence-corrected chi connectivity index (χ1v) is 22.4. The number of thiophene rings is 1. The van der Waals surface area contributed by atoms with Crippen molar-refractivity contribution in [2.24, 2.45) is 15.9 Å². The van der Waals surface area contributed by atoms with Gasteiger partial charge in [0, 0.05) is 59.6 Å². The van der Waals surface area contributed by atoms with E-state index in [4.69, 9.17) is 9.98 Å². The van der Waals surface area contributed by atoms with Gasteiger partial charge < -0.3 is 9.88 Å². The Bertz CT molecular complexity index is 3360. The molecule has 0 bridgehead atoms. The Kier molecular flexibility index (Phi) is 9.00. The normalized spacial score (nSPS) is 18.9. The largest absolute Gasteiger partial charge is 0.348 e. The highest BCUT2D eigenvalue weighted by Crippen LogP contribution is 2.49. The molecule has 3 heterocycles. The van der Waals surface area contributed by atoms with E-state index in [1.54, 1.807) is 0 Å². The highest BCUT2D eigenvalue weighted by Gasteiger charge is 2.34. The van der Waals surface area contributed by atoms with E-state index >= 15 is 0 Å². The molecule has 2 aromatic heterocycles. The van der Waals surface area contributed by atoms with Crippen LogP contribution in [0.1, 0.15) is 35.4 Å². The molecule has 3 aliphatic rings. The second-order valence-corrected chi connectivity index (χ2v) is 17.6. The third kappa shape index (κ3) is 6.36. The number of benzene rings is 7. The van der Waals surface area contributed by atoms with Crippen LogP contribution in [-0.4, -0.2) is 22.4 Å². The number of rotatable bonds is 7. The topological polar surface area (TPSA) is 41.7 Å². The number of hydrogen-bond acceptors (Lipinski definition) is 4. The molecule has 5 heteroatoms. The van der Waals surface area contributed by atoms with E-state index in [9.17, 15) is 0 Å². The molecule has 9 aromatic rings. The Morgan fingerprint density at radius 1 is 0.565 bits per heavy atom. The van der Waals surface area contributed by atoms with Crippen molar-refractivity contribution in [1.29, 1.82) is 0 Å². The molecule has 0 amide bonds. The van der Waals surface area contributed by atoms with Gasteiger partial charge in [0.25, 0.3) is 0 Å². The van der Waals surface area contributed by atoms with Gasteiger partial charge in [0.15, 0.2) is 5.84 Å². The SMILES string of the molecule is C1=CC[C@H](C2N=C(c3ccc(-c4ccccc4)cc3)N=C(C3=CC(c4ccccc4)=C(n4c5ccccc5c5cc6c(cc54)sc4ccccc46)C(c4ccccc4)C3)N2)C=C1. The maximum atomic E-state index is 5.44. The van der Waals surface area contributed by atoms with Gasteiger partial charge in [0.1, 0.15) is 12.0 Å². The smallest absolute Gasteiger partial charge is 0.159 e. The molecule has 0 radical (unpaired) electrons. The second-order valence-electron chi connectivity index (χ2n) is 16.5. The first-order chi connectivity index (χ1) is 30.7. The monoisotopic (exact) mass is 814 g/mol. The molecule has 7 aromatic carbocycles. The maximum absolute atomic E-state index is 5.44. The molecule has 3 atom stereocenters. The Labute approximate surface area is 364 Å². The summed E-state index contributed by atoms with van der Waals surface area (Å²) in [4.78, 5) is 10.8. The lowest BCUT2D eigenvalue weighted by atomic mass is 9.79. The molecular weight excluding hydrogens is 773 g/mol. The summed E-state index contributed by atoms with van der Waals surface area (Å²) in [6.45, 7) is 0. The third-order valence-electron chi connectivity index (χ3n) is 12.8. The van der Waals surface area contributed by atoms with E-state index in [2.05, 4.69) is 216 Å². The van der Waals surface area contributed by atoms with E-state index in [1.165, 1.54) is 81.1 Å². The minimum Gasteiger partial charge on any atom is -0.348 e. The van der Waals surface area contributed by atoms with Crippen LogP contribution in [0, 0.1) is 5.92 Å². The van der Waals surface area contributed by atoms with Gasteiger partial charge in [-0.1, -0.05) is 176 Å². The van der Waals surface area contributed by atoms with Crippen molar-refractivity contribution in [3.63, 3.8) is 0 Å². The first kappa shape index (κ1) is 36.5. The summed E-state index contributed by atoms with van der Waals surface area (Å²) < 4.78 is 5.20. The van der Waals surface area contributed by atoms with Crippen LogP contribution in [-0.2, 0) is 0 Å². The van der Waals surface area contributed by atoms with Crippen LogP contribution in [0.2, 0.25) is 0 Å². The first-order valence-electron chi connectivity index (χ1n) is 21.6. The van der Waals surface area contributed by atoms with Gasteiger partial charge in [0.2, 0.25) is 0 Å². The predicted octanol–water partition coefficient (Wildman–Crippen LogP) is 14.2. The lowest BCUT2D eigenvalue weighted by molar-refractivity contribution is 0.474. The number of fused-ring (bicyclic) bond motifs is 6. The molecule has 2 unspecified atom stereocenters. The van der Waals surface area contributed by atoms with Gasteiger partial charge in [-0.05, 0) is 71.0 Å². The van der Waals surface area contributed by atoms with Gasteiger partial charge in [-0.25, -0.2) is 9.98 Å². The highest BCUT2D eigenvalue weighted by atomic mass is 32.1. The summed E-state index contributed by atoms with van der Waals surface area (Å²) in [5, 5.41) is 9.06. The standard InChI is InChI=1S/C57H42N4S/c1-5-17-37(18-6-1)38-29-31-42(32-30-38)56-58-55(41-23-11-4-12-24-41)59-57(60-56)43-33-46(39-19-7-2-8-20-39)54(47(34-43)40-21-9-3-10-22-40)61-50-27-15-13-25-44(50)48-35-49-45-26-14-16-28-52(45)62-53(49)36-51(48)61/h1-23,25-33,35-36,41,47,55H,24,34H2,(H,58,59,60)/t41-,47?,55?/m1/s1. The van der Waals surface area contributed by atoms with Crippen molar-refractivity contribution >= 4 is 76.3 Å². The minimum absolute atomic E-state index is 0.0106. The highest BCUT2D eigenvalue weighted by molar-refractivity contribution is 7.25. The zero-order valence-electron chi connectivity index (χ0n) is 34.0. The molecule has 0 fully saturated rings. The van der Waals surface area contributed by atoms with Gasteiger partial charge in [-0.15, -0.1) is 11.3 Å². The van der Waals surface area contributed by atoms with Crippen LogP contribution < -0.4 is 5.32 Å². The number of nitrogens with one attached hydrogen (secondary N) is 1. The average molecular weight is 815 g/mol. The van der Waals surface area contributed by atoms with Crippen LogP contribution in [0.4, 0.5) is 0 Å². The predicted molar refractivity (Wildman–Crippen MR) is 263 cm³/mol. The van der Waals surface area contributed by atoms with Crippen molar-refractivity contribution in [1.82, 2.24) is 9.88 Å². The summed E-state index contributed by atoms with van der Waals surface area (Å²) in [5.74, 6) is 1.85. The molecule has 62 heavy (non-hydrogen) atoms. The van der Waals surface area contributed by atoms with Gasteiger partial charge in [0.05, 0.1) is 11.0 Å². The fourth-order valence-electron chi connectivity index (χ4n) is 9.76. The fraction of sp³-hybridized carbons (Fsp3) is 0.0877. The summed E-state index contributed by atoms with van der Waals surface area (Å²) in [6, 6.07) is 63.9. The number of nitrogens with zero attached hydrogens (tertiary/aromatic N) is 3. The summed E-state index contributed by atoms with van der Waals surface area (Å²) in [6.07, 6.45) is 12.7. The number of aliphatic imine (C=N–C) groups is 2. The second kappa shape index (κ2) is 15.3. The quantitative estimate of drug-likeness (QED) is 0.171. The number of allylic oxidation sites excluding steroid dienone is 6. The maximum Gasteiger partial charge on any atom is 0.159 e. The molecule has 0 spiro atoms. The van der Waals surface area contributed by atoms with Gasteiger partial charge in [-0.3, -0.25) is 0 Å². The van der Waals surface area contributed by atoms with Gasteiger partial charge in [-0.2, -0.15) is 0 Å². The molecule has 0 saturated heterocycles. The Balaban J connectivity index is 1.09. The Hall–Kier alpha value is -7.34. The number of aromatic nitrogens is 1. The zero-order valence-corrected chi connectivity index (χ0v) is 34.8. The van der Waals surface area contributed by atoms with Crippen LogP contribution in [0.15, 0.2) is 222 Å². The van der Waals surface area contributed by atoms with Gasteiger partial charge >= 0.3 is 0 Å². The van der Waals surface area contributed by atoms with Crippen molar-refractivity contribution in [2.45, 2.75) is 24.9 Å². The van der Waals surface area contributed by atoms with Crippen LogP contribution >= 0.6 is 11.3 Å². The zero-order chi connectivity index (χ0) is 41.0. The molecule has 1 N–H and O–H groups in total. The van der Waals surface area contributed by atoms with E-state index in [0.29, 0.717) is 0 Å². The average Bonchev–Trinajstić information content (AvgIpc) is 3.88. The van der Waals surface area contributed by atoms with E-state index in [1.807, 2.05) is 11.3 Å². The molecule has 2 aliphatic carbocycles. The van der Waals surface area contributed by atoms with Crippen molar-refractivity contribution in [3.8, 4) is 11.1 Å². The Morgan fingerprint density at radius 3 is 2.02 bits per heavy atom. The number of para-hydroxylation sites is 1. The van der Waals surface area contributed by atoms with Crippen molar-refractivity contribution < 1.29 is 0 Å². The number of amidine groups is 2. The Morgan fingerprint density at radius 2 is 1.24 bits per heavy atom. The lowest BCUT2D eigenvalue weighted by Gasteiger charge is -2.34. The summed E-state index contributed by atoms with van der Waals surface area (Å²) >= 11 is 1.88. The molecule has 4 nitrogen and oxygen atoms in total. The van der Waals surface area contributed by atoms with E-state index in [-0.39, 0.29) is 18.0 Å². The number of hydrogen-bond donors (Lipinski definition) is 1. The van der Waals surface area contributed by atoms with Crippen molar-refractivity contribution in [2.75, 3.05) is 0 Å². The van der Waals surface area contributed by atoms with Crippen molar-refractivity contribution in [3.05, 3.63) is 229 Å². The van der Waals surface area contributed by atoms with E-state index in [0.717, 1.165) is 30.1 Å². The van der Waals surface area contributed by atoms with E-state index < -0.39 is 0 Å².